The van der Waals surface area contributed by atoms with E-state index in [1.54, 1.807) is 0 Å². The average molecular weight is 211 g/mol. The summed E-state index contributed by atoms with van der Waals surface area (Å²) in [6, 6.07) is 0. The molecule has 0 radical (unpaired) electrons. The van der Waals surface area contributed by atoms with Crippen LogP contribution in [0.3, 0.4) is 0 Å². The maximum Gasteiger partial charge on any atom is 0.249 e. The third kappa shape index (κ3) is 1.31. The average Bonchev–Trinajstić information content (AvgIpc) is 2.83. The molecule has 2 saturated heterocycles. The lowest BCUT2D eigenvalue weighted by Gasteiger charge is -2.22. The van der Waals surface area contributed by atoms with Gasteiger partial charge in [-0.25, -0.2) is 0 Å². The van der Waals surface area contributed by atoms with Gasteiger partial charge in [-0.3, -0.25) is 4.90 Å². The van der Waals surface area contributed by atoms with Crippen molar-refractivity contribution in [2.24, 2.45) is 5.92 Å². The smallest absolute Gasteiger partial charge is 0.249 e. The molecule has 2 aliphatic heterocycles. The standard InChI is InChI=1S/C9H13N3OS/c1-6-9(11-14-10-6)13-8-5-12-3-2-7(8)4-12/h7-8H,2-5H2,1H3. The first kappa shape index (κ1) is 8.61. The van der Waals surface area contributed by atoms with Crippen molar-refractivity contribution < 1.29 is 4.74 Å². The summed E-state index contributed by atoms with van der Waals surface area (Å²) in [6.07, 6.45) is 1.63. The SMILES string of the molecule is Cc1nsnc1OC1CN2CCC1C2. The Kier molecular flexibility index (Phi) is 1.95. The van der Waals surface area contributed by atoms with Gasteiger partial charge in [0.1, 0.15) is 11.8 Å². The number of fused-ring (bicyclic) bond motifs is 2. The van der Waals surface area contributed by atoms with E-state index in [0.29, 0.717) is 6.10 Å². The zero-order valence-electron chi connectivity index (χ0n) is 8.14. The molecule has 14 heavy (non-hydrogen) atoms. The van der Waals surface area contributed by atoms with Gasteiger partial charge in [-0.05, 0) is 19.9 Å². The maximum atomic E-state index is 5.88. The Morgan fingerprint density at radius 2 is 2.36 bits per heavy atom. The van der Waals surface area contributed by atoms with Gasteiger partial charge in [0.25, 0.3) is 0 Å². The molecule has 0 amide bonds. The van der Waals surface area contributed by atoms with Gasteiger partial charge in [0, 0.05) is 19.0 Å². The van der Waals surface area contributed by atoms with Crippen molar-refractivity contribution >= 4 is 11.7 Å². The molecule has 0 spiro atoms. The Morgan fingerprint density at radius 3 is 2.93 bits per heavy atom. The summed E-state index contributed by atoms with van der Waals surface area (Å²) < 4.78 is 14.1. The minimum absolute atomic E-state index is 0.353. The van der Waals surface area contributed by atoms with Crippen molar-refractivity contribution in [3.63, 3.8) is 0 Å². The fraction of sp³-hybridized carbons (Fsp3) is 0.778. The highest BCUT2D eigenvalue weighted by Crippen LogP contribution is 2.31. The van der Waals surface area contributed by atoms with E-state index in [0.717, 1.165) is 24.0 Å². The molecule has 1 aromatic heterocycles. The van der Waals surface area contributed by atoms with E-state index in [1.165, 1.54) is 31.2 Å². The van der Waals surface area contributed by atoms with Gasteiger partial charge in [0.15, 0.2) is 0 Å². The molecule has 3 atom stereocenters. The van der Waals surface area contributed by atoms with E-state index in [1.807, 2.05) is 6.92 Å². The Morgan fingerprint density at radius 1 is 1.43 bits per heavy atom. The predicted molar refractivity (Wildman–Crippen MR) is 53.6 cm³/mol. The molecule has 2 bridgehead atoms. The second-order valence-corrected chi connectivity index (χ2v) is 4.65. The third-order valence-electron chi connectivity index (χ3n) is 3.15. The van der Waals surface area contributed by atoms with E-state index in [-0.39, 0.29) is 0 Å². The minimum atomic E-state index is 0.353. The summed E-state index contributed by atoms with van der Waals surface area (Å²) in [4.78, 5) is 2.46. The second kappa shape index (κ2) is 3.17. The molecule has 0 N–H and O–H groups in total. The van der Waals surface area contributed by atoms with Crippen LogP contribution in [0.4, 0.5) is 0 Å². The molecular weight excluding hydrogens is 198 g/mol. The van der Waals surface area contributed by atoms with Crippen molar-refractivity contribution in [2.75, 3.05) is 19.6 Å². The summed E-state index contributed by atoms with van der Waals surface area (Å²) in [6.45, 7) is 5.48. The van der Waals surface area contributed by atoms with E-state index in [9.17, 15) is 0 Å². The Bertz CT molecular complexity index is 341. The first-order valence-electron chi connectivity index (χ1n) is 5.01. The zero-order valence-corrected chi connectivity index (χ0v) is 8.96. The van der Waals surface area contributed by atoms with Gasteiger partial charge in [-0.1, -0.05) is 0 Å². The van der Waals surface area contributed by atoms with Gasteiger partial charge < -0.3 is 4.74 Å². The number of ether oxygens (including phenoxy) is 1. The predicted octanol–water partition coefficient (Wildman–Crippen LogP) is 0.929. The van der Waals surface area contributed by atoms with Crippen LogP contribution in [0.5, 0.6) is 5.88 Å². The summed E-state index contributed by atoms with van der Waals surface area (Å²) in [5, 5.41) is 0. The van der Waals surface area contributed by atoms with Gasteiger partial charge in [-0.15, -0.1) is 4.37 Å². The molecule has 76 valence electrons. The van der Waals surface area contributed by atoms with Crippen LogP contribution in [-0.2, 0) is 0 Å². The molecular formula is C9H13N3OS. The quantitative estimate of drug-likeness (QED) is 0.729. The highest BCUT2D eigenvalue weighted by Gasteiger charge is 2.39. The third-order valence-corrected chi connectivity index (χ3v) is 3.75. The largest absolute Gasteiger partial charge is 0.471 e. The fourth-order valence-corrected chi connectivity index (χ4v) is 2.83. The Hall–Kier alpha value is -0.680. The van der Waals surface area contributed by atoms with Crippen LogP contribution in [0.1, 0.15) is 12.1 Å². The number of hydrogen-bond acceptors (Lipinski definition) is 5. The lowest BCUT2D eigenvalue weighted by Crippen LogP contribution is -2.32. The normalized spacial score (nSPS) is 35.1. The number of aryl methyl sites for hydroxylation is 1. The summed E-state index contributed by atoms with van der Waals surface area (Å²) in [7, 11) is 0. The number of nitrogens with zero attached hydrogens (tertiary/aromatic N) is 3. The molecule has 4 nitrogen and oxygen atoms in total. The van der Waals surface area contributed by atoms with Crippen molar-refractivity contribution in [1.29, 1.82) is 0 Å². The molecule has 0 aromatic carbocycles. The number of aromatic nitrogens is 2. The molecule has 2 aliphatic rings. The van der Waals surface area contributed by atoms with Crippen molar-refractivity contribution in [2.45, 2.75) is 19.4 Å². The van der Waals surface area contributed by atoms with Crippen molar-refractivity contribution in [1.82, 2.24) is 13.6 Å². The topological polar surface area (TPSA) is 38.3 Å². The lowest BCUT2D eigenvalue weighted by molar-refractivity contribution is 0.136. The number of hydrogen-bond donors (Lipinski definition) is 0. The maximum absolute atomic E-state index is 5.88. The van der Waals surface area contributed by atoms with Crippen LogP contribution in [-0.4, -0.2) is 39.4 Å². The Labute approximate surface area is 87.2 Å². The van der Waals surface area contributed by atoms with Gasteiger partial charge >= 0.3 is 0 Å². The molecule has 2 fully saturated rings. The van der Waals surface area contributed by atoms with Crippen molar-refractivity contribution in [3.8, 4) is 5.88 Å². The van der Waals surface area contributed by atoms with Crippen molar-refractivity contribution in [3.05, 3.63) is 5.69 Å². The molecule has 3 unspecified atom stereocenters. The molecule has 1 aromatic rings. The summed E-state index contributed by atoms with van der Waals surface area (Å²) in [5.41, 5.74) is 0.924. The van der Waals surface area contributed by atoms with Crippen LogP contribution in [0, 0.1) is 12.8 Å². The number of rotatable bonds is 2. The van der Waals surface area contributed by atoms with Crippen LogP contribution < -0.4 is 4.74 Å². The lowest BCUT2D eigenvalue weighted by atomic mass is 10.0. The van der Waals surface area contributed by atoms with E-state index in [4.69, 9.17) is 4.74 Å². The van der Waals surface area contributed by atoms with Gasteiger partial charge in [-0.2, -0.15) is 4.37 Å². The molecule has 5 heteroatoms. The molecule has 3 heterocycles. The van der Waals surface area contributed by atoms with E-state index >= 15 is 0 Å². The zero-order chi connectivity index (χ0) is 9.54. The molecule has 0 saturated carbocycles. The molecule has 0 aliphatic carbocycles. The van der Waals surface area contributed by atoms with Crippen LogP contribution >= 0.6 is 11.7 Å². The summed E-state index contributed by atoms with van der Waals surface area (Å²) in [5.74, 6) is 1.46. The van der Waals surface area contributed by atoms with Gasteiger partial charge in [0.2, 0.25) is 5.88 Å². The number of piperidine rings is 1. The summed E-state index contributed by atoms with van der Waals surface area (Å²) >= 11 is 1.23. The van der Waals surface area contributed by atoms with E-state index < -0.39 is 0 Å². The minimum Gasteiger partial charge on any atom is -0.471 e. The first-order chi connectivity index (χ1) is 6.83. The van der Waals surface area contributed by atoms with Crippen LogP contribution in [0.15, 0.2) is 0 Å². The fourth-order valence-electron chi connectivity index (χ4n) is 2.34. The van der Waals surface area contributed by atoms with Gasteiger partial charge in [0.05, 0.1) is 11.7 Å². The second-order valence-electron chi connectivity index (χ2n) is 4.12. The highest BCUT2D eigenvalue weighted by atomic mass is 32.1. The van der Waals surface area contributed by atoms with Crippen LogP contribution in [0.25, 0.3) is 0 Å². The highest BCUT2D eigenvalue weighted by molar-refractivity contribution is 6.99. The first-order valence-corrected chi connectivity index (χ1v) is 5.74. The van der Waals surface area contributed by atoms with E-state index in [2.05, 4.69) is 13.6 Å². The molecule has 3 rings (SSSR count). The monoisotopic (exact) mass is 211 g/mol. The van der Waals surface area contributed by atoms with Crippen LogP contribution in [0.2, 0.25) is 0 Å². The Balaban J connectivity index is 1.71.